The molecule has 0 aliphatic rings. The number of aromatic nitrogens is 1. The maximum Gasteiger partial charge on any atom is 0.306 e. The Morgan fingerprint density at radius 2 is 2.03 bits per heavy atom. The van der Waals surface area contributed by atoms with Crippen molar-refractivity contribution in [3.05, 3.63) is 70.2 Å². The number of nitrogens with zero attached hydrogens (tertiary/aromatic N) is 1. The monoisotopic (exact) mass is 413 g/mol. The largest absolute Gasteiger partial charge is 0.453 e. The van der Waals surface area contributed by atoms with Crippen molar-refractivity contribution >= 4 is 34.2 Å². The molecule has 3 aromatic rings. The van der Waals surface area contributed by atoms with Crippen molar-refractivity contribution in [3.63, 3.8) is 0 Å². The first-order valence-corrected chi connectivity index (χ1v) is 9.34. The Bertz CT molecular complexity index is 1100. The molecule has 3 rings (SSSR count). The van der Waals surface area contributed by atoms with Gasteiger partial charge < -0.3 is 15.0 Å². The van der Waals surface area contributed by atoms with Gasteiger partial charge in [-0.05, 0) is 43.5 Å². The van der Waals surface area contributed by atoms with Gasteiger partial charge in [-0.2, -0.15) is 4.39 Å². The smallest absolute Gasteiger partial charge is 0.306 e. The lowest BCUT2D eigenvalue weighted by Crippen LogP contribution is -2.30. The van der Waals surface area contributed by atoms with Crippen LogP contribution in [0.15, 0.2) is 48.7 Å². The second-order valence-corrected chi connectivity index (χ2v) is 6.76. The second-order valence-electron chi connectivity index (χ2n) is 6.76. The van der Waals surface area contributed by atoms with Crippen LogP contribution in [0, 0.1) is 15.9 Å². The Hall–Kier alpha value is -3.75. The number of halogens is 1. The van der Waals surface area contributed by atoms with Crippen molar-refractivity contribution in [2.45, 2.75) is 32.3 Å². The molecule has 0 fully saturated rings. The molecule has 9 heteroatoms. The first kappa shape index (κ1) is 21.0. The van der Waals surface area contributed by atoms with Crippen molar-refractivity contribution in [1.29, 1.82) is 0 Å². The predicted molar refractivity (Wildman–Crippen MR) is 108 cm³/mol. The number of nitro groups is 1. The zero-order valence-corrected chi connectivity index (χ0v) is 16.2. The first-order chi connectivity index (χ1) is 14.3. The number of benzene rings is 2. The lowest BCUT2D eigenvalue weighted by Gasteiger charge is -2.13. The van der Waals surface area contributed by atoms with Gasteiger partial charge in [0.25, 0.3) is 5.91 Å². The number of aromatic amines is 1. The number of hydrogen-bond acceptors (Lipinski definition) is 5. The summed E-state index contributed by atoms with van der Waals surface area (Å²) in [4.78, 5) is 37.3. The van der Waals surface area contributed by atoms with Crippen LogP contribution in [0.4, 0.5) is 15.8 Å². The van der Waals surface area contributed by atoms with E-state index in [1.54, 1.807) is 0 Å². The number of fused-ring (bicyclic) bond motifs is 1. The molecule has 1 aromatic heterocycles. The van der Waals surface area contributed by atoms with Gasteiger partial charge >= 0.3 is 11.7 Å². The molecule has 1 amide bonds. The molecule has 8 nitrogen and oxygen atoms in total. The number of aryl methyl sites for hydroxylation is 1. The maximum atomic E-state index is 13.4. The Morgan fingerprint density at radius 3 is 2.80 bits per heavy atom. The predicted octanol–water partition coefficient (Wildman–Crippen LogP) is 4.11. The van der Waals surface area contributed by atoms with Crippen LogP contribution in [-0.4, -0.2) is 27.9 Å². The molecule has 0 saturated heterocycles. The number of ether oxygens (including phenoxy) is 1. The summed E-state index contributed by atoms with van der Waals surface area (Å²) in [6.45, 7) is 1.39. The van der Waals surface area contributed by atoms with E-state index in [1.807, 2.05) is 30.5 Å². The summed E-state index contributed by atoms with van der Waals surface area (Å²) >= 11 is 0. The van der Waals surface area contributed by atoms with Crippen LogP contribution in [0.2, 0.25) is 0 Å². The molecule has 0 spiro atoms. The first-order valence-electron chi connectivity index (χ1n) is 9.34. The Balaban J connectivity index is 1.48. The third kappa shape index (κ3) is 4.99. The average molecular weight is 413 g/mol. The number of carbonyl (C=O) groups is 2. The summed E-state index contributed by atoms with van der Waals surface area (Å²) in [5.41, 5.74) is 1.41. The fourth-order valence-electron chi connectivity index (χ4n) is 3.05. The maximum absolute atomic E-state index is 13.4. The van der Waals surface area contributed by atoms with E-state index >= 15 is 0 Å². The minimum Gasteiger partial charge on any atom is -0.453 e. The van der Waals surface area contributed by atoms with E-state index in [2.05, 4.69) is 10.3 Å². The zero-order valence-electron chi connectivity index (χ0n) is 16.2. The molecule has 0 saturated carbocycles. The van der Waals surface area contributed by atoms with Gasteiger partial charge in [0.05, 0.1) is 4.92 Å². The van der Waals surface area contributed by atoms with Gasteiger partial charge in [-0.1, -0.05) is 18.2 Å². The van der Waals surface area contributed by atoms with Crippen molar-refractivity contribution in [2.24, 2.45) is 0 Å². The van der Waals surface area contributed by atoms with Crippen LogP contribution in [-0.2, 0) is 20.7 Å². The molecule has 1 atom stereocenters. The molecular weight excluding hydrogens is 393 g/mol. The topological polar surface area (TPSA) is 114 Å². The van der Waals surface area contributed by atoms with E-state index in [9.17, 15) is 24.1 Å². The quantitative estimate of drug-likeness (QED) is 0.328. The Labute approximate surface area is 171 Å². The summed E-state index contributed by atoms with van der Waals surface area (Å²) in [6, 6.07) is 10.9. The minimum atomic E-state index is -1.10. The van der Waals surface area contributed by atoms with Gasteiger partial charge in [-0.25, -0.2) is 0 Å². The SMILES string of the molecule is C[C@H](OC(=O)CCCc1c[nH]c2ccccc12)C(=O)Nc1ccc(F)c([N+](=O)[O-])c1. The summed E-state index contributed by atoms with van der Waals surface area (Å²) in [5, 5.41) is 14.3. The number of para-hydroxylation sites is 1. The van der Waals surface area contributed by atoms with Gasteiger partial charge in [0, 0.05) is 35.3 Å². The highest BCUT2D eigenvalue weighted by Gasteiger charge is 2.20. The van der Waals surface area contributed by atoms with Crippen LogP contribution in [0.5, 0.6) is 0 Å². The molecule has 0 bridgehead atoms. The number of amides is 1. The standard InChI is InChI=1S/C21H20FN3O5/c1-13(21(27)24-15-9-10-17(22)19(11-15)25(28)29)30-20(26)8-4-5-14-12-23-18-7-3-2-6-16(14)18/h2-3,6-7,9-13,23H,4-5,8H2,1H3,(H,24,27)/t13-/m0/s1. The second kappa shape index (κ2) is 9.17. The van der Waals surface area contributed by atoms with Crippen LogP contribution < -0.4 is 5.32 Å². The molecule has 2 N–H and O–H groups in total. The van der Waals surface area contributed by atoms with Crippen LogP contribution in [0.1, 0.15) is 25.3 Å². The van der Waals surface area contributed by atoms with Crippen LogP contribution in [0.25, 0.3) is 10.9 Å². The van der Waals surface area contributed by atoms with Crippen molar-refractivity contribution < 1.29 is 23.6 Å². The van der Waals surface area contributed by atoms with E-state index in [0.717, 1.165) is 28.6 Å². The average Bonchev–Trinajstić information content (AvgIpc) is 3.12. The highest BCUT2D eigenvalue weighted by molar-refractivity contribution is 5.95. The van der Waals surface area contributed by atoms with Gasteiger partial charge in [-0.15, -0.1) is 0 Å². The van der Waals surface area contributed by atoms with Crippen LogP contribution in [0.3, 0.4) is 0 Å². The van der Waals surface area contributed by atoms with Gasteiger partial charge in [-0.3, -0.25) is 19.7 Å². The van der Waals surface area contributed by atoms with Gasteiger partial charge in [0.15, 0.2) is 6.10 Å². The van der Waals surface area contributed by atoms with Gasteiger partial charge in [0.1, 0.15) is 0 Å². The third-order valence-electron chi connectivity index (χ3n) is 4.59. The molecule has 0 aliphatic heterocycles. The number of rotatable bonds is 8. The number of esters is 1. The number of hydrogen-bond donors (Lipinski definition) is 2. The summed E-state index contributed by atoms with van der Waals surface area (Å²) in [6.07, 6.45) is 2.18. The molecule has 1 heterocycles. The lowest BCUT2D eigenvalue weighted by atomic mass is 10.1. The van der Waals surface area contributed by atoms with E-state index in [1.165, 1.54) is 13.0 Å². The molecular formula is C21H20FN3O5. The van der Waals surface area contributed by atoms with E-state index in [-0.39, 0.29) is 12.1 Å². The number of carbonyl (C=O) groups excluding carboxylic acids is 2. The molecule has 156 valence electrons. The third-order valence-corrected chi connectivity index (χ3v) is 4.59. The molecule has 0 unspecified atom stereocenters. The highest BCUT2D eigenvalue weighted by atomic mass is 19.1. The Morgan fingerprint density at radius 1 is 1.27 bits per heavy atom. The van der Waals surface area contributed by atoms with Crippen LogP contribution >= 0.6 is 0 Å². The zero-order chi connectivity index (χ0) is 21.7. The number of nitrogens with one attached hydrogen (secondary N) is 2. The Kier molecular flexibility index (Phi) is 6.41. The van der Waals surface area contributed by atoms with Crippen molar-refractivity contribution in [1.82, 2.24) is 4.98 Å². The van der Waals surface area contributed by atoms with E-state index in [4.69, 9.17) is 4.74 Å². The highest BCUT2D eigenvalue weighted by Crippen LogP contribution is 2.22. The van der Waals surface area contributed by atoms with Crippen molar-refractivity contribution in [3.8, 4) is 0 Å². The van der Waals surface area contributed by atoms with Gasteiger partial charge in [0.2, 0.25) is 5.82 Å². The normalized spacial score (nSPS) is 11.8. The summed E-state index contributed by atoms with van der Waals surface area (Å²) in [7, 11) is 0. The molecule has 2 aromatic carbocycles. The minimum absolute atomic E-state index is 0.0373. The molecule has 0 radical (unpaired) electrons. The number of H-pyrrole nitrogens is 1. The van der Waals surface area contributed by atoms with Crippen molar-refractivity contribution in [2.75, 3.05) is 5.32 Å². The summed E-state index contributed by atoms with van der Waals surface area (Å²) < 4.78 is 18.5. The number of nitro benzene ring substituents is 1. The molecule has 0 aliphatic carbocycles. The fraction of sp³-hybridized carbons (Fsp3) is 0.238. The van der Waals surface area contributed by atoms with E-state index in [0.29, 0.717) is 12.8 Å². The lowest BCUT2D eigenvalue weighted by molar-refractivity contribution is -0.387. The number of anilines is 1. The van der Waals surface area contributed by atoms with E-state index < -0.39 is 34.4 Å². The fourth-order valence-corrected chi connectivity index (χ4v) is 3.05. The molecule has 30 heavy (non-hydrogen) atoms. The summed E-state index contributed by atoms with van der Waals surface area (Å²) in [5.74, 6) is -2.20.